The molecule has 4 heteroatoms. The maximum absolute atomic E-state index is 11.5. The predicted molar refractivity (Wildman–Crippen MR) is 68.3 cm³/mol. The first-order chi connectivity index (χ1) is 8.63. The van der Waals surface area contributed by atoms with Gasteiger partial charge in [0.2, 0.25) is 0 Å². The van der Waals surface area contributed by atoms with Gasteiger partial charge in [-0.15, -0.1) is 0 Å². The lowest BCUT2D eigenvalue weighted by molar-refractivity contribution is -0.122. The maximum atomic E-state index is 11.5. The number of hydrogen-bond donors (Lipinski definition) is 1. The molecule has 1 aliphatic heterocycles. The molecule has 0 radical (unpaired) electrons. The van der Waals surface area contributed by atoms with Crippen LogP contribution in [0.1, 0.15) is 25.8 Å². The van der Waals surface area contributed by atoms with Gasteiger partial charge in [0.1, 0.15) is 5.75 Å². The van der Waals surface area contributed by atoms with Crippen molar-refractivity contribution in [2.45, 2.75) is 32.8 Å². The first-order valence-corrected chi connectivity index (χ1v) is 6.14. The number of carbonyl (C=O) groups excluding carboxylic acids is 1. The number of nitrogens with zero attached hydrogens (tertiary/aromatic N) is 1. The number of hydrogen-bond acceptors (Lipinski definition) is 3. The highest BCUT2D eigenvalue weighted by Gasteiger charge is 2.23. The van der Waals surface area contributed by atoms with Gasteiger partial charge in [0.05, 0.1) is 17.7 Å². The molecule has 18 heavy (non-hydrogen) atoms. The van der Waals surface area contributed by atoms with Gasteiger partial charge in [-0.1, -0.05) is 13.0 Å². The second-order valence-corrected chi connectivity index (χ2v) is 4.52. The number of benzene rings is 1. The Hall–Kier alpha value is -2.02. The van der Waals surface area contributed by atoms with E-state index in [1.54, 1.807) is 6.92 Å². The molecule has 1 aromatic carbocycles. The van der Waals surface area contributed by atoms with E-state index in [1.807, 2.05) is 25.1 Å². The van der Waals surface area contributed by atoms with Crippen molar-refractivity contribution in [3.8, 4) is 11.8 Å². The average molecular weight is 244 g/mol. The quantitative estimate of drug-likeness (QED) is 0.888. The summed E-state index contributed by atoms with van der Waals surface area (Å²) >= 11 is 0. The van der Waals surface area contributed by atoms with Gasteiger partial charge in [-0.25, -0.2) is 0 Å². The number of ether oxygens (including phenoxy) is 1. The van der Waals surface area contributed by atoms with Gasteiger partial charge in [-0.2, -0.15) is 5.26 Å². The Labute approximate surface area is 107 Å². The molecule has 1 aliphatic rings. The van der Waals surface area contributed by atoms with Gasteiger partial charge in [-0.05, 0) is 37.5 Å². The highest BCUT2D eigenvalue weighted by Crippen LogP contribution is 2.31. The topological polar surface area (TPSA) is 62.1 Å². The fourth-order valence-corrected chi connectivity index (χ4v) is 1.95. The minimum Gasteiger partial charge on any atom is -0.479 e. The Morgan fingerprint density at radius 3 is 3.00 bits per heavy atom. The van der Waals surface area contributed by atoms with E-state index in [0.717, 1.165) is 12.0 Å². The Bertz CT molecular complexity index is 505. The third-order valence-corrected chi connectivity index (χ3v) is 3.13. The normalized spacial score (nSPS) is 19.2. The lowest BCUT2D eigenvalue weighted by Crippen LogP contribution is -2.34. The van der Waals surface area contributed by atoms with Crippen LogP contribution in [0, 0.1) is 17.2 Å². The Kier molecular flexibility index (Phi) is 3.52. The summed E-state index contributed by atoms with van der Waals surface area (Å²) in [5.74, 6) is 0.574. The summed E-state index contributed by atoms with van der Waals surface area (Å²) < 4.78 is 5.48. The van der Waals surface area contributed by atoms with Crippen LogP contribution in [0.4, 0.5) is 5.69 Å². The smallest absolute Gasteiger partial charge is 0.265 e. The summed E-state index contributed by atoms with van der Waals surface area (Å²) in [5.41, 5.74) is 1.74. The second-order valence-electron chi connectivity index (χ2n) is 4.52. The lowest BCUT2D eigenvalue weighted by Gasteiger charge is -2.23. The molecule has 0 aromatic heterocycles. The van der Waals surface area contributed by atoms with Crippen molar-refractivity contribution < 1.29 is 9.53 Å². The molecule has 1 amide bonds. The number of fused-ring (bicyclic) bond motifs is 1. The Balaban J connectivity index is 2.20. The van der Waals surface area contributed by atoms with Crippen LogP contribution in [0.5, 0.6) is 5.75 Å². The third-order valence-electron chi connectivity index (χ3n) is 3.13. The molecule has 1 N–H and O–H groups in total. The summed E-state index contributed by atoms with van der Waals surface area (Å²) in [6.07, 6.45) is 1.07. The van der Waals surface area contributed by atoms with Crippen LogP contribution in [0.3, 0.4) is 0 Å². The van der Waals surface area contributed by atoms with Crippen LogP contribution < -0.4 is 10.1 Å². The molecule has 0 saturated heterocycles. The van der Waals surface area contributed by atoms with Gasteiger partial charge in [0, 0.05) is 0 Å². The molecule has 2 atom stereocenters. The zero-order chi connectivity index (χ0) is 13.1. The number of rotatable bonds is 3. The van der Waals surface area contributed by atoms with Crippen molar-refractivity contribution >= 4 is 11.6 Å². The molecule has 0 fully saturated rings. The number of nitriles is 1. The lowest BCUT2D eigenvalue weighted by atomic mass is 9.97. The number of anilines is 1. The molecular weight excluding hydrogens is 228 g/mol. The average Bonchev–Trinajstić information content (AvgIpc) is 2.37. The van der Waals surface area contributed by atoms with E-state index in [1.165, 1.54) is 0 Å². The van der Waals surface area contributed by atoms with Crippen molar-refractivity contribution in [2.24, 2.45) is 5.92 Å². The van der Waals surface area contributed by atoms with E-state index in [4.69, 9.17) is 10.00 Å². The SMILES string of the molecule is CCC(C#N)Cc1ccc2c(c1)NC(=O)C(C)O2. The van der Waals surface area contributed by atoms with Gasteiger partial charge in [-0.3, -0.25) is 4.79 Å². The Morgan fingerprint density at radius 2 is 2.33 bits per heavy atom. The zero-order valence-electron chi connectivity index (χ0n) is 10.6. The maximum Gasteiger partial charge on any atom is 0.265 e. The van der Waals surface area contributed by atoms with Crippen molar-refractivity contribution in [3.05, 3.63) is 23.8 Å². The third kappa shape index (κ3) is 2.45. The highest BCUT2D eigenvalue weighted by molar-refractivity contribution is 5.97. The minimum atomic E-state index is -0.453. The molecule has 0 saturated carbocycles. The van der Waals surface area contributed by atoms with Crippen LogP contribution in [0.2, 0.25) is 0 Å². The van der Waals surface area contributed by atoms with Crippen molar-refractivity contribution in [3.63, 3.8) is 0 Å². The molecule has 4 nitrogen and oxygen atoms in total. The summed E-state index contributed by atoms with van der Waals surface area (Å²) in [4.78, 5) is 11.5. The molecule has 0 spiro atoms. The number of nitrogens with one attached hydrogen (secondary N) is 1. The van der Waals surface area contributed by atoms with Crippen molar-refractivity contribution in [1.29, 1.82) is 5.26 Å². The van der Waals surface area contributed by atoms with Crippen molar-refractivity contribution in [1.82, 2.24) is 0 Å². The first-order valence-electron chi connectivity index (χ1n) is 6.14. The number of amides is 1. The fraction of sp³-hybridized carbons (Fsp3) is 0.429. The molecule has 0 aliphatic carbocycles. The van der Waals surface area contributed by atoms with E-state index in [9.17, 15) is 4.79 Å². The van der Waals surface area contributed by atoms with Gasteiger partial charge >= 0.3 is 0 Å². The number of carbonyl (C=O) groups is 1. The summed E-state index contributed by atoms with van der Waals surface area (Å²) in [6, 6.07) is 7.96. The summed E-state index contributed by atoms with van der Waals surface area (Å²) in [5, 5.41) is 11.8. The fourth-order valence-electron chi connectivity index (χ4n) is 1.95. The monoisotopic (exact) mass is 244 g/mol. The molecular formula is C14H16N2O2. The molecule has 2 unspecified atom stereocenters. The molecule has 0 bridgehead atoms. The predicted octanol–water partition coefficient (Wildman–Crippen LogP) is 2.50. The van der Waals surface area contributed by atoms with Crippen LogP contribution >= 0.6 is 0 Å². The van der Waals surface area contributed by atoms with E-state index < -0.39 is 6.10 Å². The first kappa shape index (κ1) is 12.4. The second kappa shape index (κ2) is 5.09. The largest absolute Gasteiger partial charge is 0.479 e. The molecule has 1 heterocycles. The van der Waals surface area contributed by atoms with E-state index in [-0.39, 0.29) is 11.8 Å². The summed E-state index contributed by atoms with van der Waals surface area (Å²) in [6.45, 7) is 3.72. The van der Waals surface area contributed by atoms with Gasteiger partial charge < -0.3 is 10.1 Å². The zero-order valence-corrected chi connectivity index (χ0v) is 10.6. The molecule has 1 aromatic rings. The van der Waals surface area contributed by atoms with E-state index >= 15 is 0 Å². The summed E-state index contributed by atoms with van der Waals surface area (Å²) in [7, 11) is 0. The molecule has 2 rings (SSSR count). The van der Waals surface area contributed by atoms with Crippen LogP contribution in [0.15, 0.2) is 18.2 Å². The van der Waals surface area contributed by atoms with Crippen LogP contribution in [0.25, 0.3) is 0 Å². The molecule has 94 valence electrons. The Morgan fingerprint density at radius 1 is 1.56 bits per heavy atom. The highest BCUT2D eigenvalue weighted by atomic mass is 16.5. The van der Waals surface area contributed by atoms with Crippen LogP contribution in [-0.2, 0) is 11.2 Å². The van der Waals surface area contributed by atoms with Crippen LogP contribution in [-0.4, -0.2) is 12.0 Å². The van der Waals surface area contributed by atoms with E-state index in [2.05, 4.69) is 11.4 Å². The van der Waals surface area contributed by atoms with Gasteiger partial charge in [0.15, 0.2) is 6.10 Å². The minimum absolute atomic E-state index is 0.0159. The van der Waals surface area contributed by atoms with E-state index in [0.29, 0.717) is 17.9 Å². The standard InChI is InChI=1S/C14H16N2O2/c1-3-10(8-15)6-11-4-5-13-12(7-11)16-14(17)9(2)18-13/h4-5,7,9-10H,3,6H2,1-2H3,(H,16,17). The van der Waals surface area contributed by atoms with Gasteiger partial charge in [0.25, 0.3) is 5.91 Å². The van der Waals surface area contributed by atoms with Crippen molar-refractivity contribution in [2.75, 3.05) is 5.32 Å².